The van der Waals surface area contributed by atoms with E-state index in [4.69, 9.17) is 18.9 Å². The van der Waals surface area contributed by atoms with Crippen molar-refractivity contribution in [1.29, 1.82) is 0 Å². The van der Waals surface area contributed by atoms with Crippen molar-refractivity contribution in [2.75, 3.05) is 26.2 Å². The van der Waals surface area contributed by atoms with Crippen LogP contribution in [0.4, 0.5) is 9.59 Å². The highest BCUT2D eigenvalue weighted by atomic mass is 79.9. The van der Waals surface area contributed by atoms with E-state index in [1.807, 2.05) is 130 Å². The highest BCUT2D eigenvalue weighted by molar-refractivity contribution is 5.88. The summed E-state index contributed by atoms with van der Waals surface area (Å²) in [7, 11) is 3.88. The van der Waals surface area contributed by atoms with Crippen molar-refractivity contribution in [2.45, 2.75) is 102 Å². The maximum Gasteiger partial charge on any atom is 0.410 e. The smallest absolute Gasteiger partial charge is 0.410 e. The molecule has 2 aliphatic heterocycles. The van der Waals surface area contributed by atoms with Crippen LogP contribution in [0.15, 0.2) is 98.1 Å². The number of carbonyl (C=O) groups is 6. The lowest BCUT2D eigenvalue weighted by atomic mass is 10.1. The second-order valence-corrected chi connectivity index (χ2v) is 16.2. The maximum absolute atomic E-state index is 13.6. The fourth-order valence-corrected chi connectivity index (χ4v) is 7.76. The van der Waals surface area contributed by atoms with Gasteiger partial charge in [-0.15, -0.1) is 0 Å². The Morgan fingerprint density at radius 3 is 1.35 bits per heavy atom. The molecule has 0 spiro atoms. The van der Waals surface area contributed by atoms with Crippen molar-refractivity contribution in [3.8, 4) is 0 Å². The molecule has 18 nitrogen and oxygen atoms in total. The lowest BCUT2D eigenvalue weighted by Gasteiger charge is -2.24. The number of rotatable bonds is 21. The van der Waals surface area contributed by atoms with Crippen LogP contribution in [0, 0.1) is 0 Å². The number of esters is 2. The first-order chi connectivity index (χ1) is 31.0. The van der Waals surface area contributed by atoms with Gasteiger partial charge in [-0.05, 0) is 36.8 Å². The third kappa shape index (κ3) is 16.6. The molecule has 4 atom stereocenters. The number of carbonyl (C=O) groups excluding carboxylic acids is 6. The van der Waals surface area contributed by atoms with Gasteiger partial charge in [-0.2, -0.15) is 0 Å². The summed E-state index contributed by atoms with van der Waals surface area (Å²) in [6.07, 6.45) is 12.1. The average Bonchev–Trinajstić information content (AvgIpc) is 4.12. The van der Waals surface area contributed by atoms with Gasteiger partial charge in [0.15, 0.2) is 0 Å². The number of ether oxygens (including phenoxy) is 4. The highest BCUT2D eigenvalue weighted by Gasteiger charge is 2.43. The van der Waals surface area contributed by atoms with Gasteiger partial charge in [-0.3, -0.25) is 29.0 Å². The molecule has 2 aromatic heterocycles. The summed E-state index contributed by atoms with van der Waals surface area (Å²) in [5, 5.41) is 5.56. The van der Waals surface area contributed by atoms with E-state index in [-0.39, 0.29) is 99.0 Å². The molecule has 2 N–H and O–H groups in total. The minimum Gasteiger partial charge on any atom is -1.00 e. The molecular formula is C46H60Br2N8O10. The van der Waals surface area contributed by atoms with E-state index in [1.165, 1.54) is 9.80 Å². The number of benzene rings is 2. The van der Waals surface area contributed by atoms with Gasteiger partial charge < -0.3 is 63.5 Å². The number of nitrogens with zero attached hydrogens (tertiary/aromatic N) is 6. The highest BCUT2D eigenvalue weighted by Crippen LogP contribution is 2.25. The lowest BCUT2D eigenvalue weighted by Crippen LogP contribution is -3.00. The van der Waals surface area contributed by atoms with Crippen molar-refractivity contribution in [2.24, 2.45) is 14.1 Å². The van der Waals surface area contributed by atoms with Gasteiger partial charge in [-0.25, -0.2) is 27.9 Å². The van der Waals surface area contributed by atoms with Gasteiger partial charge in [0.2, 0.25) is 24.5 Å². The fraction of sp³-hybridized carbons (Fsp3) is 0.478. The topological polar surface area (TPSA) is 188 Å². The van der Waals surface area contributed by atoms with Gasteiger partial charge in [-0.1, -0.05) is 60.7 Å². The molecule has 0 aliphatic carbocycles. The van der Waals surface area contributed by atoms with Gasteiger partial charge >= 0.3 is 24.1 Å². The first-order valence-electron chi connectivity index (χ1n) is 21.9. The van der Waals surface area contributed by atoms with E-state index in [2.05, 4.69) is 10.6 Å². The Morgan fingerprint density at radius 2 is 0.985 bits per heavy atom. The van der Waals surface area contributed by atoms with Crippen LogP contribution in [0.5, 0.6) is 0 Å². The van der Waals surface area contributed by atoms with Crippen LogP contribution in [0.3, 0.4) is 0 Å². The largest absolute Gasteiger partial charge is 1.00 e. The second-order valence-electron chi connectivity index (χ2n) is 16.2. The molecule has 2 saturated heterocycles. The first-order valence-corrected chi connectivity index (χ1v) is 21.9. The molecule has 0 bridgehead atoms. The molecule has 2 fully saturated rings. The fourth-order valence-electron chi connectivity index (χ4n) is 7.76. The van der Waals surface area contributed by atoms with Crippen LogP contribution < -0.4 is 53.7 Å². The molecule has 2 aromatic carbocycles. The summed E-state index contributed by atoms with van der Waals surface area (Å²) in [6, 6.07) is 16.3. The van der Waals surface area contributed by atoms with Crippen LogP contribution >= 0.6 is 0 Å². The van der Waals surface area contributed by atoms with Crippen LogP contribution in [0.1, 0.15) is 62.5 Å². The number of aryl methyl sites for hydroxylation is 4. The van der Waals surface area contributed by atoms with Crippen LogP contribution in [0.25, 0.3) is 0 Å². The molecule has 0 saturated carbocycles. The first kappa shape index (κ1) is 52.9. The van der Waals surface area contributed by atoms with Gasteiger partial charge in [0.25, 0.3) is 0 Å². The Balaban J connectivity index is 0.00000476. The van der Waals surface area contributed by atoms with E-state index in [1.54, 1.807) is 0 Å². The average molecular weight is 1040 g/mol. The standard InChI is InChI=1S/C46H58N8O10.2BrH/c1-49-23-25-51(33-49)21-11-9-17-41(55)63-37-27-39(53(29-37)45(59)61-31-35-13-5-3-6-14-35)43(57)47-19-20-48-44(58)40-28-38(30-54(40)46(60)62-32-36-15-7-4-8-16-36)64-42(56)18-10-12-22-52-26-24-50(2)34-52;;/h3-8,13-16,23-26,33-34,37-40H,9-12,17-22,27-32H2,1-2H3;2*1H/t37-,38-,39+,40+;;/m1../s1. The number of hydrogen-bond acceptors (Lipinski definition) is 10. The summed E-state index contributed by atoms with van der Waals surface area (Å²) in [4.78, 5) is 82.1. The zero-order valence-electron chi connectivity index (χ0n) is 37.4. The molecule has 4 heterocycles. The Morgan fingerprint density at radius 1 is 0.591 bits per heavy atom. The molecular weight excluding hydrogens is 984 g/mol. The summed E-state index contributed by atoms with van der Waals surface area (Å²) in [5.74, 6) is -1.84. The minimum atomic E-state index is -0.997. The molecule has 0 radical (unpaired) electrons. The van der Waals surface area contributed by atoms with E-state index in [9.17, 15) is 28.8 Å². The Bertz CT molecular complexity index is 2020. The van der Waals surface area contributed by atoms with Crippen molar-refractivity contribution >= 4 is 35.9 Å². The third-order valence-corrected chi connectivity index (χ3v) is 11.1. The van der Waals surface area contributed by atoms with Crippen LogP contribution in [-0.2, 0) is 78.5 Å². The van der Waals surface area contributed by atoms with Gasteiger partial charge in [0.05, 0.1) is 40.3 Å². The van der Waals surface area contributed by atoms with Crippen molar-refractivity contribution in [3.63, 3.8) is 0 Å². The molecule has 66 heavy (non-hydrogen) atoms. The molecule has 0 unspecified atom stereocenters. The molecule has 6 rings (SSSR count). The SMILES string of the molecule is C[n+]1ccn(CCCCC(=O)O[C@@H]2C[C@@H](C(=O)NCCNC(=O)[C@@H]3C[C@@H](OC(=O)CCCCn4cc[n+](C)c4)CN3C(=O)OCc3ccccc3)N(C(=O)OCc3ccccc3)C2)c1.[Br-].[Br-]. The minimum absolute atomic E-state index is 0. The van der Waals surface area contributed by atoms with E-state index in [0.29, 0.717) is 12.8 Å². The predicted octanol–water partition coefficient (Wildman–Crippen LogP) is -3.13. The summed E-state index contributed by atoms with van der Waals surface area (Å²) >= 11 is 0. The number of likely N-dealkylation sites (tertiary alicyclic amines) is 2. The lowest BCUT2D eigenvalue weighted by molar-refractivity contribution is -0.671. The van der Waals surface area contributed by atoms with Crippen LogP contribution in [0.2, 0.25) is 0 Å². The quantitative estimate of drug-likeness (QED) is 0.0374. The van der Waals surface area contributed by atoms with Gasteiger partial charge in [0, 0.05) is 38.8 Å². The van der Waals surface area contributed by atoms with Crippen molar-refractivity contribution in [3.05, 3.63) is 109 Å². The van der Waals surface area contributed by atoms with Crippen molar-refractivity contribution in [1.82, 2.24) is 29.6 Å². The number of unbranched alkanes of at least 4 members (excludes halogenated alkanes) is 2. The molecule has 20 heteroatoms. The second kappa shape index (κ2) is 27.0. The summed E-state index contributed by atoms with van der Waals surface area (Å²) < 4.78 is 30.6. The Hall–Kier alpha value is -5.76. The number of hydrogen-bond donors (Lipinski definition) is 2. The molecule has 2 aliphatic rings. The van der Waals surface area contributed by atoms with E-state index in [0.717, 1.165) is 37.1 Å². The number of imidazole rings is 2. The monoisotopic (exact) mass is 1040 g/mol. The zero-order chi connectivity index (χ0) is 45.3. The Kier molecular flexibility index (Phi) is 21.6. The van der Waals surface area contributed by atoms with Gasteiger partial charge in [0.1, 0.15) is 62.3 Å². The number of amides is 4. The molecule has 4 amide bonds. The summed E-state index contributed by atoms with van der Waals surface area (Å²) in [6.45, 7) is 1.43. The molecule has 4 aromatic rings. The summed E-state index contributed by atoms with van der Waals surface area (Å²) in [5.41, 5.74) is 1.54. The maximum atomic E-state index is 13.6. The molecule has 358 valence electrons. The number of nitrogens with one attached hydrogen (secondary N) is 2. The Labute approximate surface area is 406 Å². The number of halogens is 2. The zero-order valence-corrected chi connectivity index (χ0v) is 40.6. The van der Waals surface area contributed by atoms with E-state index >= 15 is 0 Å². The third-order valence-electron chi connectivity index (χ3n) is 11.1. The van der Waals surface area contributed by atoms with E-state index < -0.39 is 60.2 Å². The van der Waals surface area contributed by atoms with Crippen LogP contribution in [-0.4, -0.2) is 105 Å². The van der Waals surface area contributed by atoms with Crippen molar-refractivity contribution < 1.29 is 90.8 Å². The predicted molar refractivity (Wildman–Crippen MR) is 228 cm³/mol. The number of aromatic nitrogens is 4. The normalized spacial score (nSPS) is 17.5.